The molecule has 0 aromatic carbocycles. The van der Waals surface area contributed by atoms with Crippen molar-refractivity contribution in [1.29, 1.82) is 0 Å². The highest BCUT2D eigenvalue weighted by Gasteiger charge is 2.22. The Morgan fingerprint density at radius 3 is 2.94 bits per heavy atom. The van der Waals surface area contributed by atoms with Gasteiger partial charge in [-0.2, -0.15) is 0 Å². The molecule has 4 nitrogen and oxygen atoms in total. The predicted molar refractivity (Wildman–Crippen MR) is 70.9 cm³/mol. The van der Waals surface area contributed by atoms with E-state index in [1.54, 1.807) is 6.07 Å². The van der Waals surface area contributed by atoms with Crippen LogP contribution in [0.25, 0.3) is 0 Å². The van der Waals surface area contributed by atoms with Crippen molar-refractivity contribution in [3.63, 3.8) is 0 Å². The molecular weight excluding hydrogens is 326 g/mol. The Hall–Kier alpha value is 0.0500. The van der Waals surface area contributed by atoms with E-state index in [0.29, 0.717) is 10.8 Å². The largest absolute Gasteiger partial charge is 0.377 e. The van der Waals surface area contributed by atoms with Crippen LogP contribution < -0.4 is 4.72 Å². The summed E-state index contributed by atoms with van der Waals surface area (Å²) in [6.07, 6.45) is 1.96. The minimum Gasteiger partial charge on any atom is -0.377 e. The number of hydrogen-bond acceptors (Lipinski definition) is 4. The molecule has 1 aliphatic rings. The Balaban J connectivity index is 2.03. The third kappa shape index (κ3) is 3.29. The number of aryl methyl sites for hydroxylation is 1. The van der Waals surface area contributed by atoms with Crippen LogP contribution in [-0.4, -0.2) is 27.7 Å². The van der Waals surface area contributed by atoms with Gasteiger partial charge in [0.2, 0.25) is 10.0 Å². The average Bonchev–Trinajstić information content (AvgIpc) is 2.87. The topological polar surface area (TPSA) is 55.4 Å². The molecule has 0 saturated carbocycles. The number of hydrogen-bond donors (Lipinski definition) is 1. The quantitative estimate of drug-likeness (QED) is 0.915. The lowest BCUT2D eigenvalue weighted by Gasteiger charge is -2.10. The van der Waals surface area contributed by atoms with Crippen LogP contribution >= 0.6 is 27.3 Å². The van der Waals surface area contributed by atoms with Gasteiger partial charge in [-0.25, -0.2) is 13.1 Å². The molecule has 1 saturated heterocycles. The van der Waals surface area contributed by atoms with Crippen molar-refractivity contribution in [2.45, 2.75) is 30.1 Å². The van der Waals surface area contributed by atoms with Crippen molar-refractivity contribution < 1.29 is 13.2 Å². The lowest BCUT2D eigenvalue weighted by atomic mass is 10.2. The maximum absolute atomic E-state index is 12.0. The standard InChI is InChI=1S/C10H14BrNO3S2/c1-7-5-9(16-10(7)11)17(13,14)12-6-8-3-2-4-15-8/h5,8,12H,2-4,6H2,1H3. The number of rotatable bonds is 4. The predicted octanol–water partition coefficient (Wildman–Crippen LogP) is 2.28. The van der Waals surface area contributed by atoms with Gasteiger partial charge in [-0.15, -0.1) is 11.3 Å². The molecule has 1 aromatic rings. The van der Waals surface area contributed by atoms with E-state index in [1.807, 2.05) is 6.92 Å². The first-order chi connectivity index (χ1) is 7.99. The number of ether oxygens (including phenoxy) is 1. The second kappa shape index (κ2) is 5.36. The second-order valence-corrected chi connectivity index (χ2v) is 8.37. The highest BCUT2D eigenvalue weighted by Crippen LogP contribution is 2.30. The Morgan fingerprint density at radius 2 is 2.41 bits per heavy atom. The molecular formula is C10H14BrNO3S2. The van der Waals surface area contributed by atoms with E-state index in [0.717, 1.165) is 28.8 Å². The van der Waals surface area contributed by atoms with Gasteiger partial charge in [0, 0.05) is 13.2 Å². The van der Waals surface area contributed by atoms with Gasteiger partial charge in [0.1, 0.15) is 4.21 Å². The second-order valence-electron chi connectivity index (χ2n) is 4.01. The summed E-state index contributed by atoms with van der Waals surface area (Å²) in [7, 11) is -3.39. The Kier molecular flexibility index (Phi) is 4.25. The van der Waals surface area contributed by atoms with Crippen LogP contribution in [0.15, 0.2) is 14.1 Å². The van der Waals surface area contributed by atoms with Crippen molar-refractivity contribution in [3.05, 3.63) is 15.4 Å². The van der Waals surface area contributed by atoms with E-state index >= 15 is 0 Å². The number of halogens is 1. The lowest BCUT2D eigenvalue weighted by molar-refractivity contribution is 0.114. The minimum absolute atomic E-state index is 0.0225. The monoisotopic (exact) mass is 339 g/mol. The van der Waals surface area contributed by atoms with E-state index in [-0.39, 0.29) is 6.10 Å². The van der Waals surface area contributed by atoms with E-state index in [2.05, 4.69) is 20.7 Å². The first-order valence-corrected chi connectivity index (χ1v) is 8.45. The van der Waals surface area contributed by atoms with Gasteiger partial charge in [0.05, 0.1) is 9.89 Å². The fourth-order valence-electron chi connectivity index (χ4n) is 1.64. The maximum atomic E-state index is 12.0. The SMILES string of the molecule is Cc1cc(S(=O)(=O)NCC2CCCO2)sc1Br. The van der Waals surface area contributed by atoms with Gasteiger partial charge in [-0.1, -0.05) is 0 Å². The fraction of sp³-hybridized carbons (Fsp3) is 0.600. The first-order valence-electron chi connectivity index (χ1n) is 5.36. The molecule has 96 valence electrons. The molecule has 1 N–H and O–H groups in total. The molecule has 1 fully saturated rings. The summed E-state index contributed by atoms with van der Waals surface area (Å²) in [5, 5.41) is 0. The zero-order valence-corrected chi connectivity index (χ0v) is 12.6. The molecule has 0 bridgehead atoms. The first kappa shape index (κ1) is 13.5. The molecule has 0 radical (unpaired) electrons. The van der Waals surface area contributed by atoms with E-state index in [9.17, 15) is 8.42 Å². The van der Waals surface area contributed by atoms with Crippen LogP contribution in [0.3, 0.4) is 0 Å². The highest BCUT2D eigenvalue weighted by atomic mass is 79.9. The minimum atomic E-state index is -3.39. The van der Waals surface area contributed by atoms with Crippen molar-refractivity contribution in [2.24, 2.45) is 0 Å². The van der Waals surface area contributed by atoms with Gasteiger partial charge in [0.25, 0.3) is 0 Å². The molecule has 0 spiro atoms. The van der Waals surface area contributed by atoms with Crippen molar-refractivity contribution >= 4 is 37.3 Å². The molecule has 1 atom stereocenters. The summed E-state index contributed by atoms with van der Waals surface area (Å²) in [4.78, 5) is 0. The lowest BCUT2D eigenvalue weighted by Crippen LogP contribution is -2.31. The van der Waals surface area contributed by atoms with Gasteiger partial charge in [-0.3, -0.25) is 0 Å². The Bertz CT molecular complexity index is 472. The van der Waals surface area contributed by atoms with Crippen LogP contribution in [0.2, 0.25) is 0 Å². The van der Waals surface area contributed by atoms with Crippen LogP contribution in [0.4, 0.5) is 0 Å². The summed E-state index contributed by atoms with van der Waals surface area (Å²) >= 11 is 4.56. The smallest absolute Gasteiger partial charge is 0.250 e. The van der Waals surface area contributed by atoms with E-state index in [1.165, 1.54) is 11.3 Å². The molecule has 2 heterocycles. The summed E-state index contributed by atoms with van der Waals surface area (Å²) in [5.74, 6) is 0. The normalized spacial score (nSPS) is 20.9. The molecule has 17 heavy (non-hydrogen) atoms. The van der Waals surface area contributed by atoms with Crippen molar-refractivity contribution in [1.82, 2.24) is 4.72 Å². The van der Waals surface area contributed by atoms with Crippen LogP contribution in [0.5, 0.6) is 0 Å². The highest BCUT2D eigenvalue weighted by molar-refractivity contribution is 9.11. The summed E-state index contributed by atoms with van der Waals surface area (Å²) < 4.78 is 33.1. The number of thiophene rings is 1. The maximum Gasteiger partial charge on any atom is 0.250 e. The van der Waals surface area contributed by atoms with Crippen LogP contribution in [-0.2, 0) is 14.8 Å². The zero-order chi connectivity index (χ0) is 12.5. The number of sulfonamides is 1. The Morgan fingerprint density at radius 1 is 1.65 bits per heavy atom. The summed E-state index contributed by atoms with van der Waals surface area (Å²) in [5.41, 5.74) is 0.937. The molecule has 1 aliphatic heterocycles. The third-order valence-electron chi connectivity index (χ3n) is 2.62. The van der Waals surface area contributed by atoms with Gasteiger partial charge >= 0.3 is 0 Å². The van der Waals surface area contributed by atoms with Crippen LogP contribution in [0.1, 0.15) is 18.4 Å². The molecule has 1 unspecified atom stereocenters. The van der Waals surface area contributed by atoms with Gasteiger partial charge in [0.15, 0.2) is 0 Å². The molecule has 7 heteroatoms. The van der Waals surface area contributed by atoms with E-state index in [4.69, 9.17) is 4.74 Å². The summed E-state index contributed by atoms with van der Waals surface area (Å²) in [6, 6.07) is 1.67. The molecule has 0 amide bonds. The van der Waals surface area contributed by atoms with Crippen LogP contribution in [0, 0.1) is 6.92 Å². The van der Waals surface area contributed by atoms with Gasteiger partial charge in [-0.05, 0) is 47.3 Å². The number of nitrogens with one attached hydrogen (secondary N) is 1. The average molecular weight is 340 g/mol. The zero-order valence-electron chi connectivity index (χ0n) is 9.40. The molecule has 0 aliphatic carbocycles. The van der Waals surface area contributed by atoms with E-state index < -0.39 is 10.0 Å². The van der Waals surface area contributed by atoms with Crippen molar-refractivity contribution in [3.8, 4) is 0 Å². The van der Waals surface area contributed by atoms with Gasteiger partial charge < -0.3 is 4.74 Å². The summed E-state index contributed by atoms with van der Waals surface area (Å²) in [6.45, 7) is 2.96. The molecule has 2 rings (SSSR count). The van der Waals surface area contributed by atoms with Crippen molar-refractivity contribution in [2.75, 3.05) is 13.2 Å². The molecule has 1 aromatic heterocycles. The Labute approximate surface area is 114 Å². The fourth-order valence-corrected chi connectivity index (χ4v) is 4.98. The third-order valence-corrected chi connectivity index (χ3v) is 6.66.